The molecular weight excluding hydrogens is 406 g/mol. The van der Waals surface area contributed by atoms with Crippen LogP contribution in [0, 0.1) is 6.92 Å². The highest BCUT2D eigenvalue weighted by molar-refractivity contribution is 5.94. The number of aryl methyl sites for hydroxylation is 2. The van der Waals surface area contributed by atoms with Crippen LogP contribution in [0.1, 0.15) is 33.7 Å². The SMILES string of the molecule is Cc1cc(-c2ccc(C(=O)O)cn2)cc2cc(CCC(=O)/C=C/c3ccc(N)nc3)oc12. The van der Waals surface area contributed by atoms with Crippen LogP contribution in [0.4, 0.5) is 5.82 Å². The van der Waals surface area contributed by atoms with E-state index < -0.39 is 5.97 Å². The Hall–Kier alpha value is -4.26. The number of benzene rings is 1. The smallest absolute Gasteiger partial charge is 0.337 e. The molecule has 0 radical (unpaired) electrons. The van der Waals surface area contributed by atoms with Gasteiger partial charge in [-0.2, -0.15) is 0 Å². The third-order valence-electron chi connectivity index (χ3n) is 5.05. The van der Waals surface area contributed by atoms with Crippen LogP contribution >= 0.6 is 0 Å². The molecule has 0 unspecified atom stereocenters. The second-order valence-electron chi connectivity index (χ2n) is 7.48. The van der Waals surface area contributed by atoms with Crippen molar-refractivity contribution < 1.29 is 19.1 Å². The maximum absolute atomic E-state index is 12.2. The second kappa shape index (κ2) is 8.85. The van der Waals surface area contributed by atoms with Crippen molar-refractivity contribution in [2.75, 3.05) is 5.73 Å². The van der Waals surface area contributed by atoms with Crippen molar-refractivity contribution in [2.24, 2.45) is 0 Å². The van der Waals surface area contributed by atoms with E-state index in [9.17, 15) is 9.59 Å². The van der Waals surface area contributed by atoms with Gasteiger partial charge < -0.3 is 15.3 Å². The molecule has 0 aliphatic rings. The minimum absolute atomic E-state index is 0.0117. The molecule has 0 fully saturated rings. The average molecular weight is 427 g/mol. The third-order valence-corrected chi connectivity index (χ3v) is 5.05. The number of aromatic nitrogens is 2. The van der Waals surface area contributed by atoms with Gasteiger partial charge in [0, 0.05) is 36.2 Å². The molecular formula is C25H21N3O4. The first kappa shape index (κ1) is 21.0. The van der Waals surface area contributed by atoms with Gasteiger partial charge in [-0.3, -0.25) is 9.78 Å². The maximum Gasteiger partial charge on any atom is 0.337 e. The summed E-state index contributed by atoms with van der Waals surface area (Å²) in [5, 5.41) is 9.95. The lowest BCUT2D eigenvalue weighted by Crippen LogP contribution is -1.97. The number of carboxylic acids is 1. The number of rotatable bonds is 7. The van der Waals surface area contributed by atoms with Gasteiger partial charge in [-0.05, 0) is 72.7 Å². The van der Waals surface area contributed by atoms with Gasteiger partial charge in [0.25, 0.3) is 0 Å². The van der Waals surface area contributed by atoms with E-state index in [1.165, 1.54) is 18.3 Å². The van der Waals surface area contributed by atoms with Gasteiger partial charge in [0.05, 0.1) is 11.3 Å². The quantitative estimate of drug-likeness (QED) is 0.410. The molecule has 160 valence electrons. The highest BCUT2D eigenvalue weighted by Gasteiger charge is 2.12. The summed E-state index contributed by atoms with van der Waals surface area (Å²) in [7, 11) is 0. The van der Waals surface area contributed by atoms with Crippen LogP contribution in [-0.4, -0.2) is 26.8 Å². The minimum atomic E-state index is -1.01. The lowest BCUT2D eigenvalue weighted by Gasteiger charge is -2.04. The predicted octanol–water partition coefficient (Wildman–Crippen LogP) is 4.69. The van der Waals surface area contributed by atoms with Gasteiger partial charge in [-0.25, -0.2) is 9.78 Å². The standard InChI is InChI=1S/C25H21N3O4/c1-15-10-18(22-8-4-17(14-27-22)25(30)31)11-19-12-21(32-24(15)19)7-6-20(29)5-2-16-3-9-23(26)28-13-16/h2-5,8-14H,6-7H2,1H3,(H2,26,28)(H,30,31)/b5-2+. The summed E-state index contributed by atoms with van der Waals surface area (Å²) in [6, 6.07) is 12.5. The lowest BCUT2D eigenvalue weighted by atomic mass is 10.0. The first-order chi connectivity index (χ1) is 15.4. The predicted molar refractivity (Wildman–Crippen MR) is 122 cm³/mol. The van der Waals surface area contributed by atoms with Gasteiger partial charge in [0.1, 0.15) is 17.2 Å². The number of hydrogen-bond acceptors (Lipinski definition) is 6. The number of nitrogens with zero attached hydrogens (tertiary/aromatic N) is 2. The van der Waals surface area contributed by atoms with E-state index in [4.69, 9.17) is 15.3 Å². The van der Waals surface area contributed by atoms with Crippen molar-refractivity contribution in [3.63, 3.8) is 0 Å². The summed E-state index contributed by atoms with van der Waals surface area (Å²) in [5.74, 6) is 0.141. The Morgan fingerprint density at radius 1 is 1.09 bits per heavy atom. The summed E-state index contributed by atoms with van der Waals surface area (Å²) in [6.45, 7) is 1.94. The van der Waals surface area contributed by atoms with E-state index in [-0.39, 0.29) is 11.3 Å². The number of carboxylic acid groups (broad SMARTS) is 1. The zero-order chi connectivity index (χ0) is 22.7. The molecule has 0 saturated heterocycles. The topological polar surface area (TPSA) is 119 Å². The normalized spacial score (nSPS) is 11.3. The van der Waals surface area contributed by atoms with E-state index in [1.807, 2.05) is 25.1 Å². The fraction of sp³-hybridized carbons (Fsp3) is 0.120. The van der Waals surface area contributed by atoms with Crippen LogP contribution in [-0.2, 0) is 11.2 Å². The van der Waals surface area contributed by atoms with Crippen molar-refractivity contribution >= 4 is 34.6 Å². The summed E-state index contributed by atoms with van der Waals surface area (Å²) in [5.41, 5.74) is 9.77. The fourth-order valence-electron chi connectivity index (χ4n) is 3.38. The molecule has 0 aliphatic heterocycles. The van der Waals surface area contributed by atoms with E-state index in [2.05, 4.69) is 9.97 Å². The number of nitrogens with two attached hydrogens (primary N) is 1. The average Bonchev–Trinajstić information content (AvgIpc) is 3.21. The van der Waals surface area contributed by atoms with Crippen LogP contribution in [0.5, 0.6) is 0 Å². The molecule has 0 amide bonds. The van der Waals surface area contributed by atoms with Crippen molar-refractivity contribution in [3.8, 4) is 11.3 Å². The molecule has 7 heteroatoms. The number of carbonyl (C=O) groups is 2. The number of ketones is 1. The van der Waals surface area contributed by atoms with E-state index >= 15 is 0 Å². The molecule has 0 aliphatic carbocycles. The Morgan fingerprint density at radius 3 is 2.62 bits per heavy atom. The van der Waals surface area contributed by atoms with E-state index in [0.717, 1.165) is 33.4 Å². The Balaban J connectivity index is 1.47. The van der Waals surface area contributed by atoms with Gasteiger partial charge in [-0.1, -0.05) is 0 Å². The summed E-state index contributed by atoms with van der Waals surface area (Å²) in [6.07, 6.45) is 7.01. The number of anilines is 1. The number of furan rings is 1. The highest BCUT2D eigenvalue weighted by atomic mass is 16.4. The summed E-state index contributed by atoms with van der Waals surface area (Å²) in [4.78, 5) is 31.5. The van der Waals surface area contributed by atoms with Gasteiger partial charge in [-0.15, -0.1) is 0 Å². The Bertz CT molecular complexity index is 1320. The molecule has 0 saturated carbocycles. The molecule has 4 aromatic rings. The molecule has 3 N–H and O–H groups in total. The zero-order valence-corrected chi connectivity index (χ0v) is 17.4. The molecule has 32 heavy (non-hydrogen) atoms. The number of aromatic carboxylic acids is 1. The number of pyridine rings is 2. The van der Waals surface area contributed by atoms with Crippen LogP contribution in [0.15, 0.2) is 65.4 Å². The Labute approximate surface area is 184 Å². The van der Waals surface area contributed by atoms with Gasteiger partial charge >= 0.3 is 5.97 Å². The largest absolute Gasteiger partial charge is 0.478 e. The first-order valence-corrected chi connectivity index (χ1v) is 10.0. The van der Waals surface area contributed by atoms with E-state index in [1.54, 1.807) is 30.5 Å². The number of allylic oxidation sites excluding steroid dienone is 1. The summed E-state index contributed by atoms with van der Waals surface area (Å²) >= 11 is 0. The molecule has 3 aromatic heterocycles. The third kappa shape index (κ3) is 4.73. The van der Waals surface area contributed by atoms with Crippen LogP contribution in [0.2, 0.25) is 0 Å². The van der Waals surface area contributed by atoms with Crippen molar-refractivity contribution in [2.45, 2.75) is 19.8 Å². The molecule has 4 rings (SSSR count). The summed E-state index contributed by atoms with van der Waals surface area (Å²) < 4.78 is 5.97. The lowest BCUT2D eigenvalue weighted by molar-refractivity contribution is -0.114. The molecule has 0 bridgehead atoms. The second-order valence-corrected chi connectivity index (χ2v) is 7.48. The van der Waals surface area contributed by atoms with E-state index in [0.29, 0.717) is 24.4 Å². The highest BCUT2D eigenvalue weighted by Crippen LogP contribution is 2.29. The first-order valence-electron chi connectivity index (χ1n) is 10.0. The minimum Gasteiger partial charge on any atom is -0.478 e. The molecule has 0 atom stereocenters. The molecule has 3 heterocycles. The van der Waals surface area contributed by atoms with Crippen molar-refractivity contribution in [1.29, 1.82) is 0 Å². The van der Waals surface area contributed by atoms with Crippen LogP contribution in [0.3, 0.4) is 0 Å². The monoisotopic (exact) mass is 427 g/mol. The number of fused-ring (bicyclic) bond motifs is 1. The number of carbonyl (C=O) groups excluding carboxylic acids is 1. The van der Waals surface area contributed by atoms with Crippen molar-refractivity contribution in [1.82, 2.24) is 9.97 Å². The van der Waals surface area contributed by atoms with Gasteiger partial charge in [0.15, 0.2) is 5.78 Å². The maximum atomic E-state index is 12.2. The van der Waals surface area contributed by atoms with Crippen LogP contribution in [0.25, 0.3) is 28.3 Å². The number of hydrogen-bond donors (Lipinski definition) is 2. The molecule has 1 aromatic carbocycles. The Kier molecular flexibility index (Phi) is 5.81. The Morgan fingerprint density at radius 2 is 1.94 bits per heavy atom. The van der Waals surface area contributed by atoms with Crippen molar-refractivity contribution in [3.05, 3.63) is 83.4 Å². The molecule has 0 spiro atoms. The van der Waals surface area contributed by atoms with Crippen LogP contribution < -0.4 is 5.73 Å². The zero-order valence-electron chi connectivity index (χ0n) is 17.4. The van der Waals surface area contributed by atoms with Gasteiger partial charge in [0.2, 0.25) is 0 Å². The fourth-order valence-corrected chi connectivity index (χ4v) is 3.38. The number of nitrogen functional groups attached to an aromatic ring is 1. The molecule has 7 nitrogen and oxygen atoms in total.